The zero-order valence-corrected chi connectivity index (χ0v) is 14.8. The summed E-state index contributed by atoms with van der Waals surface area (Å²) in [4.78, 5) is 4.29. The lowest BCUT2D eigenvalue weighted by Crippen LogP contribution is -2.00. The lowest BCUT2D eigenvalue weighted by molar-refractivity contribution is 0.415. The van der Waals surface area contributed by atoms with Gasteiger partial charge in [-0.1, -0.05) is 22.0 Å². The van der Waals surface area contributed by atoms with Gasteiger partial charge < -0.3 is 10.5 Å². The van der Waals surface area contributed by atoms with E-state index in [1.807, 2.05) is 18.2 Å². The Bertz CT molecular complexity index is 981. The van der Waals surface area contributed by atoms with Gasteiger partial charge in [0.2, 0.25) is 0 Å². The molecular formula is C19H13BrFN3O. The standard InChI is InChI=1S/C19H13BrFN3O/c1-25-13-5-2-11(3-6-13)18-9-15(16(10-22)19(23)24-18)14-7-4-12(20)8-17(14)21/h2-9H,1H3,(H2,23,24). The van der Waals surface area contributed by atoms with E-state index in [0.29, 0.717) is 27.0 Å². The molecule has 0 aliphatic rings. The van der Waals surface area contributed by atoms with Crippen LogP contribution >= 0.6 is 15.9 Å². The van der Waals surface area contributed by atoms with Crippen LogP contribution in [0.2, 0.25) is 0 Å². The number of nitriles is 1. The largest absolute Gasteiger partial charge is 0.497 e. The lowest BCUT2D eigenvalue weighted by Gasteiger charge is -2.11. The fraction of sp³-hybridized carbons (Fsp3) is 0.0526. The fourth-order valence-corrected chi connectivity index (χ4v) is 2.85. The highest BCUT2D eigenvalue weighted by atomic mass is 79.9. The summed E-state index contributed by atoms with van der Waals surface area (Å²) in [5.74, 6) is 0.329. The molecule has 124 valence electrons. The molecule has 0 saturated heterocycles. The van der Waals surface area contributed by atoms with E-state index in [9.17, 15) is 9.65 Å². The molecule has 4 nitrogen and oxygen atoms in total. The average molecular weight is 398 g/mol. The third-order valence-electron chi connectivity index (χ3n) is 3.77. The number of halogens is 2. The Labute approximate surface area is 152 Å². The Morgan fingerprint density at radius 2 is 1.84 bits per heavy atom. The molecule has 25 heavy (non-hydrogen) atoms. The Hall–Kier alpha value is -2.91. The quantitative estimate of drug-likeness (QED) is 0.689. The van der Waals surface area contributed by atoms with Crippen molar-refractivity contribution in [1.82, 2.24) is 4.98 Å². The predicted octanol–water partition coefficient (Wildman–Crippen LogP) is 4.78. The van der Waals surface area contributed by atoms with Gasteiger partial charge in [-0.2, -0.15) is 5.26 Å². The van der Waals surface area contributed by atoms with Crippen LogP contribution in [0.25, 0.3) is 22.4 Å². The van der Waals surface area contributed by atoms with Crippen molar-refractivity contribution in [3.05, 3.63) is 64.4 Å². The third-order valence-corrected chi connectivity index (χ3v) is 4.26. The Kier molecular flexibility index (Phi) is 4.68. The summed E-state index contributed by atoms with van der Waals surface area (Å²) in [6, 6.07) is 15.6. The number of nitrogen functional groups attached to an aromatic ring is 1. The molecular weight excluding hydrogens is 385 g/mol. The van der Waals surface area contributed by atoms with E-state index >= 15 is 0 Å². The highest BCUT2D eigenvalue weighted by Crippen LogP contribution is 2.34. The number of ether oxygens (including phenoxy) is 1. The van der Waals surface area contributed by atoms with Gasteiger partial charge in [0.1, 0.15) is 29.0 Å². The summed E-state index contributed by atoms with van der Waals surface area (Å²) in [7, 11) is 1.58. The van der Waals surface area contributed by atoms with E-state index in [-0.39, 0.29) is 11.4 Å². The van der Waals surface area contributed by atoms with E-state index in [4.69, 9.17) is 10.5 Å². The SMILES string of the molecule is COc1ccc(-c2cc(-c3ccc(Br)cc3F)c(C#N)c(N)n2)cc1. The fourth-order valence-electron chi connectivity index (χ4n) is 2.51. The normalized spacial score (nSPS) is 10.3. The molecule has 6 heteroatoms. The molecule has 0 saturated carbocycles. The van der Waals surface area contributed by atoms with E-state index < -0.39 is 5.82 Å². The highest BCUT2D eigenvalue weighted by Gasteiger charge is 2.16. The second kappa shape index (κ2) is 6.91. The highest BCUT2D eigenvalue weighted by molar-refractivity contribution is 9.10. The molecule has 0 amide bonds. The Balaban J connectivity index is 2.20. The van der Waals surface area contributed by atoms with Crippen molar-refractivity contribution in [3.8, 4) is 34.2 Å². The molecule has 0 bridgehead atoms. The van der Waals surface area contributed by atoms with Crippen molar-refractivity contribution in [2.45, 2.75) is 0 Å². The molecule has 0 aliphatic carbocycles. The van der Waals surface area contributed by atoms with E-state index in [0.717, 1.165) is 5.56 Å². The number of nitrogens with two attached hydrogens (primary N) is 1. The molecule has 0 atom stereocenters. The Morgan fingerprint density at radius 3 is 2.44 bits per heavy atom. The molecule has 0 aliphatic heterocycles. The minimum Gasteiger partial charge on any atom is -0.497 e. The summed E-state index contributed by atoms with van der Waals surface area (Å²) in [5, 5.41) is 9.42. The molecule has 3 aromatic rings. The summed E-state index contributed by atoms with van der Waals surface area (Å²) < 4.78 is 20.2. The van der Waals surface area contributed by atoms with Crippen LogP contribution in [0.15, 0.2) is 53.0 Å². The summed E-state index contributed by atoms with van der Waals surface area (Å²) in [6.07, 6.45) is 0. The van der Waals surface area contributed by atoms with Crippen molar-refractivity contribution in [2.24, 2.45) is 0 Å². The molecule has 1 heterocycles. The third kappa shape index (κ3) is 3.32. The molecule has 1 aromatic heterocycles. The number of methoxy groups -OCH3 is 1. The van der Waals surface area contributed by atoms with Crippen LogP contribution in [0.1, 0.15) is 5.56 Å². The van der Waals surface area contributed by atoms with Gasteiger partial charge in [0.25, 0.3) is 0 Å². The van der Waals surface area contributed by atoms with Crippen molar-refractivity contribution in [2.75, 3.05) is 12.8 Å². The summed E-state index contributed by atoms with van der Waals surface area (Å²) >= 11 is 3.23. The molecule has 2 aromatic carbocycles. The van der Waals surface area contributed by atoms with Crippen LogP contribution in [0.5, 0.6) is 5.75 Å². The average Bonchev–Trinajstić information content (AvgIpc) is 2.61. The van der Waals surface area contributed by atoms with Gasteiger partial charge >= 0.3 is 0 Å². The minimum absolute atomic E-state index is 0.0631. The first-order chi connectivity index (χ1) is 12.0. The number of rotatable bonds is 3. The van der Waals surface area contributed by atoms with Crippen LogP contribution < -0.4 is 10.5 Å². The molecule has 0 radical (unpaired) electrons. The van der Waals surface area contributed by atoms with Crippen LogP contribution in [-0.2, 0) is 0 Å². The van der Waals surface area contributed by atoms with E-state index in [1.54, 1.807) is 37.4 Å². The van der Waals surface area contributed by atoms with Gasteiger partial charge in [0.15, 0.2) is 0 Å². The van der Waals surface area contributed by atoms with Crippen molar-refractivity contribution >= 4 is 21.7 Å². The smallest absolute Gasteiger partial charge is 0.142 e. The lowest BCUT2D eigenvalue weighted by atomic mass is 9.98. The number of pyridine rings is 1. The first-order valence-corrected chi connectivity index (χ1v) is 8.13. The second-order valence-corrected chi connectivity index (χ2v) is 6.20. The van der Waals surface area contributed by atoms with Gasteiger partial charge in [-0.15, -0.1) is 0 Å². The van der Waals surface area contributed by atoms with Crippen LogP contribution in [-0.4, -0.2) is 12.1 Å². The molecule has 0 unspecified atom stereocenters. The number of hydrogen-bond donors (Lipinski definition) is 1. The first-order valence-electron chi connectivity index (χ1n) is 7.34. The molecule has 3 rings (SSSR count). The zero-order chi connectivity index (χ0) is 18.0. The van der Waals surface area contributed by atoms with E-state index in [1.165, 1.54) is 6.07 Å². The minimum atomic E-state index is -0.447. The topological polar surface area (TPSA) is 71.9 Å². The second-order valence-electron chi connectivity index (χ2n) is 5.28. The number of nitrogens with zero attached hydrogens (tertiary/aromatic N) is 2. The maximum atomic E-state index is 14.4. The van der Waals surface area contributed by atoms with Crippen LogP contribution in [0.4, 0.5) is 10.2 Å². The van der Waals surface area contributed by atoms with Crippen LogP contribution in [0, 0.1) is 17.1 Å². The number of aromatic nitrogens is 1. The number of hydrogen-bond acceptors (Lipinski definition) is 4. The van der Waals surface area contributed by atoms with Crippen molar-refractivity contribution in [3.63, 3.8) is 0 Å². The zero-order valence-electron chi connectivity index (χ0n) is 13.3. The number of benzene rings is 2. The van der Waals surface area contributed by atoms with Crippen molar-refractivity contribution < 1.29 is 9.13 Å². The maximum absolute atomic E-state index is 14.4. The van der Waals surface area contributed by atoms with Crippen LogP contribution in [0.3, 0.4) is 0 Å². The first kappa shape index (κ1) is 16.9. The van der Waals surface area contributed by atoms with Gasteiger partial charge in [0.05, 0.1) is 12.8 Å². The van der Waals surface area contributed by atoms with Crippen molar-refractivity contribution in [1.29, 1.82) is 5.26 Å². The van der Waals surface area contributed by atoms with Gasteiger partial charge in [-0.25, -0.2) is 9.37 Å². The van der Waals surface area contributed by atoms with E-state index in [2.05, 4.69) is 20.9 Å². The molecule has 0 fully saturated rings. The molecule has 0 spiro atoms. The monoisotopic (exact) mass is 397 g/mol. The predicted molar refractivity (Wildman–Crippen MR) is 98.4 cm³/mol. The molecule has 2 N–H and O–H groups in total. The summed E-state index contributed by atoms with van der Waals surface area (Å²) in [6.45, 7) is 0. The van der Waals surface area contributed by atoms with Gasteiger partial charge in [-0.3, -0.25) is 0 Å². The Morgan fingerprint density at radius 1 is 1.12 bits per heavy atom. The van der Waals surface area contributed by atoms with Gasteiger partial charge in [0, 0.05) is 21.2 Å². The maximum Gasteiger partial charge on any atom is 0.142 e. The van der Waals surface area contributed by atoms with Gasteiger partial charge in [-0.05, 0) is 42.5 Å². The summed E-state index contributed by atoms with van der Waals surface area (Å²) in [5.41, 5.74) is 8.15. The number of anilines is 1.